The maximum Gasteiger partial charge on any atom is 0.348 e. The van der Waals surface area contributed by atoms with E-state index in [1.807, 2.05) is 7.11 Å². The molecule has 0 saturated carbocycles. The predicted molar refractivity (Wildman–Crippen MR) is 105 cm³/mol. The van der Waals surface area contributed by atoms with Gasteiger partial charge in [-0.25, -0.2) is 4.79 Å². The molecular weight excluding hydrogens is 326 g/mol. The van der Waals surface area contributed by atoms with Crippen molar-refractivity contribution in [1.29, 1.82) is 0 Å². The summed E-state index contributed by atoms with van der Waals surface area (Å²) in [6.45, 7) is 10.8. The van der Waals surface area contributed by atoms with E-state index < -0.39 is 13.2 Å². The molecule has 5 heteroatoms. The maximum absolute atomic E-state index is 10.5. The van der Waals surface area contributed by atoms with Gasteiger partial charge in [0, 0.05) is 25.3 Å². The highest BCUT2D eigenvalue weighted by Crippen LogP contribution is 2.61. The van der Waals surface area contributed by atoms with E-state index in [0.29, 0.717) is 6.10 Å². The summed E-state index contributed by atoms with van der Waals surface area (Å²) in [4.78, 5) is 12.3. The van der Waals surface area contributed by atoms with Crippen LogP contribution in [0.2, 0.25) is 0 Å². The number of carbonyl (C=O) groups excluding carboxylic acids is 1. The molecule has 0 radical (unpaired) electrons. The lowest BCUT2D eigenvalue weighted by atomic mass is 10.4. The van der Waals surface area contributed by atoms with Gasteiger partial charge in [-0.15, -0.1) is 0 Å². The first-order chi connectivity index (χ1) is 11.4. The summed E-state index contributed by atoms with van der Waals surface area (Å²) < 4.78 is 16.1. The van der Waals surface area contributed by atoms with Crippen molar-refractivity contribution in [3.8, 4) is 0 Å². The standard InChI is InChI=1S/C16H36OP.C3H5FO2/c1-6-9-12-18(13-10-7-2,14-11-8-3)15-16(4)17-5;1-2-3(5)6-4/h16H,6-15H2,1-5H3;2H2,1H3/q+1;. The van der Waals surface area contributed by atoms with Crippen LogP contribution in [0.4, 0.5) is 4.53 Å². The molecular formula is C19H41FO3P+. The van der Waals surface area contributed by atoms with E-state index in [1.165, 1.54) is 70.1 Å². The molecule has 0 aliphatic rings. The monoisotopic (exact) mass is 367 g/mol. The summed E-state index contributed by atoms with van der Waals surface area (Å²) in [6, 6.07) is 0. The zero-order valence-electron chi connectivity index (χ0n) is 16.9. The third kappa shape index (κ3) is 14.2. The van der Waals surface area contributed by atoms with Gasteiger partial charge in [0.1, 0.15) is 0 Å². The summed E-state index contributed by atoms with van der Waals surface area (Å²) >= 11 is 0. The Bertz CT molecular complexity index is 260. The van der Waals surface area contributed by atoms with E-state index in [0.717, 1.165) is 0 Å². The van der Waals surface area contributed by atoms with Crippen LogP contribution < -0.4 is 0 Å². The van der Waals surface area contributed by atoms with Crippen molar-refractivity contribution in [2.24, 2.45) is 0 Å². The van der Waals surface area contributed by atoms with Gasteiger partial charge >= 0.3 is 5.97 Å². The Hall–Kier alpha value is -0.210. The van der Waals surface area contributed by atoms with Crippen LogP contribution in [0.25, 0.3) is 0 Å². The topological polar surface area (TPSA) is 35.5 Å². The number of halogens is 1. The fourth-order valence-corrected chi connectivity index (χ4v) is 8.18. The number of unbranched alkanes of at least 4 members (excludes halogenated alkanes) is 3. The van der Waals surface area contributed by atoms with Crippen molar-refractivity contribution < 1.29 is 19.0 Å². The van der Waals surface area contributed by atoms with E-state index in [1.54, 1.807) is 0 Å². The highest BCUT2D eigenvalue weighted by atomic mass is 31.2. The summed E-state index contributed by atoms with van der Waals surface area (Å²) in [5.41, 5.74) is 0. The second kappa shape index (κ2) is 17.6. The second-order valence-corrected chi connectivity index (χ2v) is 11.0. The molecule has 0 fully saturated rings. The molecule has 1 unspecified atom stereocenters. The van der Waals surface area contributed by atoms with Crippen LogP contribution in [0.15, 0.2) is 0 Å². The summed E-state index contributed by atoms with van der Waals surface area (Å²) in [5.74, 6) is -0.824. The van der Waals surface area contributed by atoms with Crippen LogP contribution in [0.1, 0.15) is 79.6 Å². The van der Waals surface area contributed by atoms with Crippen LogP contribution in [-0.2, 0) is 14.5 Å². The lowest BCUT2D eigenvalue weighted by molar-refractivity contribution is -0.183. The van der Waals surface area contributed by atoms with E-state index in [4.69, 9.17) is 4.74 Å². The molecule has 0 bridgehead atoms. The zero-order valence-corrected chi connectivity index (χ0v) is 17.8. The number of hydrogen-bond acceptors (Lipinski definition) is 3. The summed E-state index contributed by atoms with van der Waals surface area (Å²) in [6.07, 6.45) is 14.8. The number of carbonyl (C=O) groups is 1. The average Bonchev–Trinajstić information content (AvgIpc) is 2.62. The van der Waals surface area contributed by atoms with E-state index in [9.17, 15) is 9.32 Å². The number of hydrogen-bond donors (Lipinski definition) is 0. The number of methoxy groups -OCH3 is 1. The molecule has 0 heterocycles. The molecule has 0 aromatic heterocycles. The predicted octanol–water partition coefficient (Wildman–Crippen LogP) is 6.26. The summed E-state index contributed by atoms with van der Waals surface area (Å²) in [7, 11) is 1.13. The lowest BCUT2D eigenvalue weighted by Gasteiger charge is -2.30. The molecule has 0 aliphatic heterocycles. The normalized spacial score (nSPS) is 12.3. The van der Waals surface area contributed by atoms with Gasteiger partial charge in [0.2, 0.25) is 0 Å². The third-order valence-corrected chi connectivity index (χ3v) is 9.46. The van der Waals surface area contributed by atoms with Gasteiger partial charge in [0.05, 0.1) is 30.8 Å². The van der Waals surface area contributed by atoms with Crippen molar-refractivity contribution in [2.75, 3.05) is 31.8 Å². The van der Waals surface area contributed by atoms with Gasteiger partial charge in [0.25, 0.3) is 0 Å². The van der Waals surface area contributed by atoms with Gasteiger partial charge in [-0.1, -0.05) is 47.0 Å². The SMILES string of the molecule is CCC(=O)OF.CCCC[P+](CCCC)(CCCC)CC(C)OC. The van der Waals surface area contributed by atoms with Crippen LogP contribution in [0, 0.1) is 0 Å². The zero-order chi connectivity index (χ0) is 18.8. The largest absolute Gasteiger partial charge is 0.378 e. The van der Waals surface area contributed by atoms with Crippen LogP contribution in [0.3, 0.4) is 0 Å². The highest BCUT2D eigenvalue weighted by Gasteiger charge is 2.36. The quantitative estimate of drug-likeness (QED) is 0.360. The smallest absolute Gasteiger partial charge is 0.348 e. The number of ether oxygens (including phenoxy) is 1. The molecule has 0 spiro atoms. The van der Waals surface area contributed by atoms with Crippen molar-refractivity contribution in [3.63, 3.8) is 0 Å². The molecule has 24 heavy (non-hydrogen) atoms. The van der Waals surface area contributed by atoms with Crippen molar-refractivity contribution in [2.45, 2.75) is 85.7 Å². The molecule has 0 rings (SSSR count). The molecule has 0 aliphatic carbocycles. The molecule has 0 saturated heterocycles. The molecule has 0 aromatic rings. The van der Waals surface area contributed by atoms with Gasteiger partial charge in [-0.05, 0) is 26.2 Å². The fraction of sp³-hybridized carbons (Fsp3) is 0.947. The van der Waals surface area contributed by atoms with Gasteiger partial charge in [-0.2, -0.15) is 0 Å². The minimum atomic E-state index is -0.824. The molecule has 0 N–H and O–H groups in total. The first kappa shape index (κ1) is 26.0. The Kier molecular flexibility index (Phi) is 19.1. The lowest BCUT2D eigenvalue weighted by Crippen LogP contribution is -2.21. The van der Waals surface area contributed by atoms with Gasteiger partial charge < -0.3 is 4.74 Å². The van der Waals surface area contributed by atoms with Crippen molar-refractivity contribution in [1.82, 2.24) is 0 Å². The molecule has 146 valence electrons. The van der Waals surface area contributed by atoms with Crippen LogP contribution in [-0.4, -0.2) is 43.8 Å². The van der Waals surface area contributed by atoms with Crippen LogP contribution >= 0.6 is 7.26 Å². The Morgan fingerprint density at radius 3 is 1.58 bits per heavy atom. The summed E-state index contributed by atoms with van der Waals surface area (Å²) in [5, 5.41) is 0. The molecule has 3 nitrogen and oxygen atoms in total. The van der Waals surface area contributed by atoms with Crippen molar-refractivity contribution >= 4 is 13.2 Å². The van der Waals surface area contributed by atoms with Gasteiger partial charge in [-0.3, -0.25) is 4.94 Å². The Morgan fingerprint density at radius 1 is 0.958 bits per heavy atom. The first-order valence-corrected chi connectivity index (χ1v) is 12.2. The third-order valence-electron chi connectivity index (χ3n) is 4.38. The minimum Gasteiger partial charge on any atom is -0.378 e. The van der Waals surface area contributed by atoms with Crippen molar-refractivity contribution in [3.05, 3.63) is 0 Å². The molecule has 0 amide bonds. The molecule has 1 atom stereocenters. The van der Waals surface area contributed by atoms with E-state index in [-0.39, 0.29) is 6.42 Å². The van der Waals surface area contributed by atoms with Crippen LogP contribution in [0.5, 0.6) is 0 Å². The average molecular weight is 368 g/mol. The minimum absolute atomic E-state index is 0.0938. The van der Waals surface area contributed by atoms with Gasteiger partial charge in [0.15, 0.2) is 0 Å². The van der Waals surface area contributed by atoms with E-state index in [2.05, 4.69) is 32.6 Å². The Morgan fingerprint density at radius 2 is 1.38 bits per heavy atom. The fourth-order valence-electron chi connectivity index (χ4n) is 2.76. The number of rotatable bonds is 13. The second-order valence-electron chi connectivity index (χ2n) is 6.60. The Labute approximate surface area is 150 Å². The molecule has 0 aromatic carbocycles. The van der Waals surface area contributed by atoms with E-state index >= 15 is 0 Å². The highest BCUT2D eigenvalue weighted by molar-refractivity contribution is 7.75. The Balaban J connectivity index is 0. The first-order valence-electron chi connectivity index (χ1n) is 9.64. The maximum atomic E-state index is 10.5.